The summed E-state index contributed by atoms with van der Waals surface area (Å²) in [5, 5.41) is 0. The molecule has 0 N–H and O–H groups in total. The fraction of sp³-hybridized carbons (Fsp3) is 0.462. The quantitative estimate of drug-likeness (QED) is 0.641. The van der Waals surface area contributed by atoms with Gasteiger partial charge in [-0.25, -0.2) is 0 Å². The van der Waals surface area contributed by atoms with Crippen molar-refractivity contribution < 1.29 is 9.53 Å². The molecule has 0 bridgehead atoms. The first-order valence-corrected chi connectivity index (χ1v) is 11.5. The molecule has 2 aliphatic heterocycles. The SMILES string of the molecule is CCCN1CCN(CC2=CCCOC2)CC(Cc2cccc(-c3cccnc3)c2)C1=O. The molecule has 3 heterocycles. The Morgan fingerprint density at radius 2 is 2.06 bits per heavy atom. The lowest BCUT2D eigenvalue weighted by atomic mass is 9.95. The van der Waals surface area contributed by atoms with E-state index in [9.17, 15) is 4.79 Å². The van der Waals surface area contributed by atoms with Gasteiger partial charge in [0.1, 0.15) is 0 Å². The lowest BCUT2D eigenvalue weighted by Gasteiger charge is -2.25. The van der Waals surface area contributed by atoms with Gasteiger partial charge in [0, 0.05) is 45.1 Å². The molecule has 0 radical (unpaired) electrons. The normalized spacial score (nSPS) is 20.4. The summed E-state index contributed by atoms with van der Waals surface area (Å²) < 4.78 is 5.64. The summed E-state index contributed by atoms with van der Waals surface area (Å²) in [6, 6.07) is 12.6. The van der Waals surface area contributed by atoms with E-state index in [-0.39, 0.29) is 5.92 Å². The van der Waals surface area contributed by atoms with Crippen LogP contribution in [-0.2, 0) is 16.0 Å². The maximum absolute atomic E-state index is 13.4. The zero-order valence-corrected chi connectivity index (χ0v) is 18.5. The second-order valence-electron chi connectivity index (χ2n) is 8.61. The molecule has 5 nitrogen and oxygen atoms in total. The number of hydrogen-bond donors (Lipinski definition) is 0. The number of benzene rings is 1. The standard InChI is InChI=1S/C26H33N3O2/c1-2-11-29-13-12-28(18-22-7-5-14-31-20-22)19-25(26(29)30)16-21-6-3-8-23(15-21)24-9-4-10-27-17-24/h3-4,6-10,15,17,25H,2,5,11-14,16,18-20H2,1H3. The maximum Gasteiger partial charge on any atom is 0.227 e. The molecule has 1 fully saturated rings. The third-order valence-corrected chi connectivity index (χ3v) is 6.13. The van der Waals surface area contributed by atoms with Crippen LogP contribution in [0.15, 0.2) is 60.4 Å². The Labute approximate surface area is 185 Å². The number of hydrogen-bond acceptors (Lipinski definition) is 4. The number of nitrogens with zero attached hydrogens (tertiary/aromatic N) is 3. The van der Waals surface area contributed by atoms with E-state index >= 15 is 0 Å². The second kappa shape index (κ2) is 10.7. The lowest BCUT2D eigenvalue weighted by molar-refractivity contribution is -0.134. The number of amides is 1. The highest BCUT2D eigenvalue weighted by molar-refractivity contribution is 5.80. The number of carbonyl (C=O) groups is 1. The van der Waals surface area contributed by atoms with Crippen LogP contribution in [0.25, 0.3) is 11.1 Å². The number of ether oxygens (including phenoxy) is 1. The van der Waals surface area contributed by atoms with E-state index in [0.717, 1.165) is 76.3 Å². The molecule has 1 amide bonds. The van der Waals surface area contributed by atoms with Crippen LogP contribution in [-0.4, -0.2) is 66.6 Å². The van der Waals surface area contributed by atoms with Crippen molar-refractivity contribution in [1.29, 1.82) is 0 Å². The van der Waals surface area contributed by atoms with Gasteiger partial charge in [0.25, 0.3) is 0 Å². The molecule has 4 rings (SSSR count). The van der Waals surface area contributed by atoms with Gasteiger partial charge in [0.2, 0.25) is 5.91 Å². The van der Waals surface area contributed by atoms with Crippen molar-refractivity contribution in [3.8, 4) is 11.1 Å². The Morgan fingerprint density at radius 3 is 2.84 bits per heavy atom. The summed E-state index contributed by atoms with van der Waals surface area (Å²) in [7, 11) is 0. The highest BCUT2D eigenvalue weighted by Gasteiger charge is 2.30. The minimum atomic E-state index is -0.0247. The van der Waals surface area contributed by atoms with E-state index in [2.05, 4.69) is 58.1 Å². The van der Waals surface area contributed by atoms with Gasteiger partial charge in [0.05, 0.1) is 19.1 Å². The molecule has 164 valence electrons. The Hall–Kier alpha value is -2.50. The Bertz CT molecular complexity index is 897. The summed E-state index contributed by atoms with van der Waals surface area (Å²) in [6.45, 7) is 7.97. The lowest BCUT2D eigenvalue weighted by Crippen LogP contribution is -2.38. The summed E-state index contributed by atoms with van der Waals surface area (Å²) in [5.74, 6) is 0.272. The molecule has 5 heteroatoms. The van der Waals surface area contributed by atoms with Crippen molar-refractivity contribution in [2.75, 3.05) is 45.9 Å². The van der Waals surface area contributed by atoms with Gasteiger partial charge in [-0.05, 0) is 47.6 Å². The predicted molar refractivity (Wildman–Crippen MR) is 124 cm³/mol. The zero-order chi connectivity index (χ0) is 21.5. The van der Waals surface area contributed by atoms with Gasteiger partial charge in [-0.2, -0.15) is 0 Å². The van der Waals surface area contributed by atoms with Crippen molar-refractivity contribution in [3.05, 3.63) is 66.0 Å². The minimum Gasteiger partial charge on any atom is -0.377 e. The van der Waals surface area contributed by atoms with Crippen LogP contribution < -0.4 is 0 Å². The largest absolute Gasteiger partial charge is 0.377 e. The van der Waals surface area contributed by atoms with Gasteiger partial charge >= 0.3 is 0 Å². The molecule has 0 aliphatic carbocycles. The van der Waals surface area contributed by atoms with Crippen molar-refractivity contribution >= 4 is 5.91 Å². The van der Waals surface area contributed by atoms with Crippen LogP contribution >= 0.6 is 0 Å². The Balaban J connectivity index is 1.52. The first-order chi connectivity index (χ1) is 15.2. The Morgan fingerprint density at radius 1 is 1.16 bits per heavy atom. The molecular formula is C26H33N3O2. The van der Waals surface area contributed by atoms with E-state index in [1.54, 1.807) is 6.20 Å². The summed E-state index contributed by atoms with van der Waals surface area (Å²) in [4.78, 5) is 22.1. The zero-order valence-electron chi connectivity index (χ0n) is 18.5. The van der Waals surface area contributed by atoms with Crippen LogP contribution in [0, 0.1) is 5.92 Å². The fourth-order valence-corrected chi connectivity index (χ4v) is 4.60. The van der Waals surface area contributed by atoms with Crippen molar-refractivity contribution in [2.45, 2.75) is 26.2 Å². The first kappa shape index (κ1) is 21.7. The third kappa shape index (κ3) is 5.81. The van der Waals surface area contributed by atoms with Gasteiger partial charge in [-0.1, -0.05) is 43.3 Å². The third-order valence-electron chi connectivity index (χ3n) is 6.13. The fourth-order valence-electron chi connectivity index (χ4n) is 4.60. The van der Waals surface area contributed by atoms with Crippen molar-refractivity contribution in [1.82, 2.24) is 14.8 Å². The predicted octanol–water partition coefficient (Wildman–Crippen LogP) is 3.81. The average molecular weight is 420 g/mol. The summed E-state index contributed by atoms with van der Waals surface area (Å²) in [6.07, 6.45) is 8.75. The number of carbonyl (C=O) groups excluding carboxylic acids is 1. The van der Waals surface area contributed by atoms with Crippen LogP contribution in [0.1, 0.15) is 25.3 Å². The van der Waals surface area contributed by atoms with Gasteiger partial charge in [-0.3, -0.25) is 14.7 Å². The summed E-state index contributed by atoms with van der Waals surface area (Å²) in [5.41, 5.74) is 4.81. The van der Waals surface area contributed by atoms with Crippen LogP contribution in [0.4, 0.5) is 0 Å². The maximum atomic E-state index is 13.4. The van der Waals surface area contributed by atoms with E-state index in [1.165, 1.54) is 11.1 Å². The molecule has 1 aromatic carbocycles. The topological polar surface area (TPSA) is 45.7 Å². The smallest absolute Gasteiger partial charge is 0.227 e. The second-order valence-corrected chi connectivity index (χ2v) is 8.61. The molecule has 1 unspecified atom stereocenters. The first-order valence-electron chi connectivity index (χ1n) is 11.5. The molecule has 1 saturated heterocycles. The van der Waals surface area contributed by atoms with Gasteiger partial charge in [0.15, 0.2) is 0 Å². The molecular weight excluding hydrogens is 386 g/mol. The number of aromatic nitrogens is 1. The van der Waals surface area contributed by atoms with E-state index in [4.69, 9.17) is 4.74 Å². The average Bonchev–Trinajstić information content (AvgIpc) is 2.95. The molecule has 0 saturated carbocycles. The van der Waals surface area contributed by atoms with Gasteiger partial charge < -0.3 is 9.64 Å². The van der Waals surface area contributed by atoms with E-state index in [0.29, 0.717) is 5.91 Å². The molecule has 0 spiro atoms. The van der Waals surface area contributed by atoms with Crippen molar-refractivity contribution in [3.63, 3.8) is 0 Å². The van der Waals surface area contributed by atoms with Crippen LogP contribution in [0.3, 0.4) is 0 Å². The molecule has 1 aromatic heterocycles. The van der Waals surface area contributed by atoms with Crippen LogP contribution in [0.2, 0.25) is 0 Å². The number of pyridine rings is 1. The number of rotatable bonds is 7. The molecule has 2 aliphatic rings. The Kier molecular flexibility index (Phi) is 7.49. The van der Waals surface area contributed by atoms with Crippen molar-refractivity contribution in [2.24, 2.45) is 5.92 Å². The van der Waals surface area contributed by atoms with Crippen LogP contribution in [0.5, 0.6) is 0 Å². The van der Waals surface area contributed by atoms with E-state index < -0.39 is 0 Å². The minimum absolute atomic E-state index is 0.0247. The molecule has 1 atom stereocenters. The molecule has 2 aromatic rings. The monoisotopic (exact) mass is 419 g/mol. The van der Waals surface area contributed by atoms with E-state index in [1.807, 2.05) is 12.3 Å². The molecule has 31 heavy (non-hydrogen) atoms. The summed E-state index contributed by atoms with van der Waals surface area (Å²) >= 11 is 0. The highest BCUT2D eigenvalue weighted by atomic mass is 16.5. The highest BCUT2D eigenvalue weighted by Crippen LogP contribution is 2.23. The van der Waals surface area contributed by atoms with Gasteiger partial charge in [-0.15, -0.1) is 0 Å².